The van der Waals surface area contributed by atoms with Gasteiger partial charge in [0.15, 0.2) is 0 Å². The molecule has 0 spiro atoms. The predicted octanol–water partition coefficient (Wildman–Crippen LogP) is 2.56. The van der Waals surface area contributed by atoms with Gasteiger partial charge in [0, 0.05) is 18.7 Å². The summed E-state index contributed by atoms with van der Waals surface area (Å²) in [4.78, 5) is 16.9. The van der Waals surface area contributed by atoms with Crippen LogP contribution in [-0.2, 0) is 16.6 Å². The van der Waals surface area contributed by atoms with Crippen molar-refractivity contribution in [2.75, 3.05) is 13.1 Å². The Kier molecular flexibility index (Phi) is 6.20. The summed E-state index contributed by atoms with van der Waals surface area (Å²) in [6, 6.07) is 4.59. The van der Waals surface area contributed by atoms with Crippen LogP contribution in [0.15, 0.2) is 27.5 Å². The first-order valence-electron chi connectivity index (χ1n) is 8.52. The highest BCUT2D eigenvalue weighted by Gasteiger charge is 2.23. The molecular formula is C18H25N3O4S. The van der Waals surface area contributed by atoms with Crippen LogP contribution in [0, 0.1) is 20.8 Å². The number of aryl methyl sites for hydroxylation is 3. The standard InChI is InChI=1S/C18H25N3O4S/c1-6-21(7-2)26(23,24)15-9-8-12(3)16(10-15)18(22)19-11-17-20-13(4)14(5)25-17/h8-10H,6-7,11H2,1-5H3,(H,19,22). The van der Waals surface area contributed by atoms with Gasteiger partial charge in [-0.05, 0) is 38.5 Å². The second kappa shape index (κ2) is 8.01. The zero-order chi connectivity index (χ0) is 19.5. The SMILES string of the molecule is CCN(CC)S(=O)(=O)c1ccc(C)c(C(=O)NCc2nc(C)c(C)o2)c1. The second-order valence-electron chi connectivity index (χ2n) is 6.00. The number of nitrogens with zero attached hydrogens (tertiary/aromatic N) is 2. The van der Waals surface area contributed by atoms with E-state index < -0.39 is 10.0 Å². The number of carbonyl (C=O) groups excluding carboxylic acids is 1. The molecule has 0 aliphatic heterocycles. The molecule has 2 rings (SSSR count). The molecule has 0 atom stereocenters. The van der Waals surface area contributed by atoms with Crippen molar-refractivity contribution in [1.82, 2.24) is 14.6 Å². The Labute approximate surface area is 154 Å². The number of hydrogen-bond donors (Lipinski definition) is 1. The number of sulfonamides is 1. The fraction of sp³-hybridized carbons (Fsp3) is 0.444. The minimum Gasteiger partial charge on any atom is -0.444 e. The monoisotopic (exact) mass is 379 g/mol. The number of benzene rings is 1. The molecule has 2 aromatic rings. The summed E-state index contributed by atoms with van der Waals surface area (Å²) in [7, 11) is -3.62. The molecule has 8 heteroatoms. The molecule has 0 fully saturated rings. The van der Waals surface area contributed by atoms with Gasteiger partial charge in [0.25, 0.3) is 5.91 Å². The van der Waals surface area contributed by atoms with Gasteiger partial charge in [-0.15, -0.1) is 0 Å². The van der Waals surface area contributed by atoms with Gasteiger partial charge in [0.1, 0.15) is 5.76 Å². The Bertz CT molecular complexity index is 880. The summed E-state index contributed by atoms with van der Waals surface area (Å²) in [5, 5.41) is 2.73. The lowest BCUT2D eigenvalue weighted by Gasteiger charge is -2.19. The van der Waals surface area contributed by atoms with Gasteiger partial charge >= 0.3 is 0 Å². The molecule has 0 saturated heterocycles. The number of aromatic nitrogens is 1. The van der Waals surface area contributed by atoms with Crippen molar-refractivity contribution in [3.63, 3.8) is 0 Å². The van der Waals surface area contributed by atoms with Crippen molar-refractivity contribution < 1.29 is 17.6 Å². The third-order valence-corrected chi connectivity index (χ3v) is 6.32. The van der Waals surface area contributed by atoms with Crippen LogP contribution in [0.4, 0.5) is 0 Å². The van der Waals surface area contributed by atoms with E-state index in [9.17, 15) is 13.2 Å². The molecule has 0 saturated carbocycles. The highest BCUT2D eigenvalue weighted by Crippen LogP contribution is 2.20. The van der Waals surface area contributed by atoms with Gasteiger partial charge in [-0.3, -0.25) is 4.79 Å². The van der Waals surface area contributed by atoms with E-state index in [0.29, 0.717) is 35.9 Å². The Morgan fingerprint density at radius 2 is 1.85 bits per heavy atom. The van der Waals surface area contributed by atoms with Crippen LogP contribution in [0.25, 0.3) is 0 Å². The van der Waals surface area contributed by atoms with Gasteiger partial charge in [-0.25, -0.2) is 13.4 Å². The third kappa shape index (κ3) is 4.13. The molecule has 0 bridgehead atoms. The van der Waals surface area contributed by atoms with Crippen LogP contribution in [-0.4, -0.2) is 36.7 Å². The first-order valence-corrected chi connectivity index (χ1v) is 9.96. The van der Waals surface area contributed by atoms with Gasteiger partial charge in [0.05, 0.1) is 17.1 Å². The van der Waals surface area contributed by atoms with Crippen molar-refractivity contribution in [3.05, 3.63) is 46.7 Å². The van der Waals surface area contributed by atoms with E-state index in [2.05, 4.69) is 10.3 Å². The van der Waals surface area contributed by atoms with Crippen LogP contribution < -0.4 is 5.32 Å². The maximum absolute atomic E-state index is 12.7. The van der Waals surface area contributed by atoms with Crippen LogP contribution in [0.2, 0.25) is 0 Å². The van der Waals surface area contributed by atoms with Crippen molar-refractivity contribution >= 4 is 15.9 Å². The molecule has 26 heavy (non-hydrogen) atoms. The Balaban J connectivity index is 2.24. The Morgan fingerprint density at radius 3 is 2.38 bits per heavy atom. The molecule has 1 amide bonds. The quantitative estimate of drug-likeness (QED) is 0.798. The van der Waals surface area contributed by atoms with E-state index in [1.807, 2.05) is 6.92 Å². The van der Waals surface area contributed by atoms with Crippen LogP contribution in [0.3, 0.4) is 0 Å². The van der Waals surface area contributed by atoms with Crippen molar-refractivity contribution in [1.29, 1.82) is 0 Å². The number of hydrogen-bond acceptors (Lipinski definition) is 5. The molecule has 1 aromatic carbocycles. The molecule has 7 nitrogen and oxygen atoms in total. The molecule has 0 aliphatic carbocycles. The maximum Gasteiger partial charge on any atom is 0.252 e. The first kappa shape index (κ1) is 20.1. The smallest absolute Gasteiger partial charge is 0.252 e. The van der Waals surface area contributed by atoms with E-state index in [1.165, 1.54) is 16.4 Å². The zero-order valence-electron chi connectivity index (χ0n) is 15.8. The van der Waals surface area contributed by atoms with Crippen LogP contribution in [0.1, 0.15) is 47.1 Å². The summed E-state index contributed by atoms with van der Waals surface area (Å²) in [6.07, 6.45) is 0. The Morgan fingerprint density at radius 1 is 1.19 bits per heavy atom. The fourth-order valence-corrected chi connectivity index (χ4v) is 4.07. The summed E-state index contributed by atoms with van der Waals surface area (Å²) < 4.78 is 32.1. The van der Waals surface area contributed by atoms with E-state index in [0.717, 1.165) is 5.69 Å². The predicted molar refractivity (Wildman–Crippen MR) is 98.4 cm³/mol. The van der Waals surface area contributed by atoms with Gasteiger partial charge in [0.2, 0.25) is 15.9 Å². The number of oxazole rings is 1. The molecular weight excluding hydrogens is 354 g/mol. The third-order valence-electron chi connectivity index (χ3n) is 4.27. The summed E-state index contributed by atoms with van der Waals surface area (Å²) in [5.74, 6) is 0.753. The number of nitrogens with one attached hydrogen (secondary N) is 1. The van der Waals surface area contributed by atoms with Crippen LogP contribution in [0.5, 0.6) is 0 Å². The van der Waals surface area contributed by atoms with Crippen molar-refractivity contribution in [2.24, 2.45) is 0 Å². The van der Waals surface area contributed by atoms with Crippen molar-refractivity contribution in [3.8, 4) is 0 Å². The lowest BCUT2D eigenvalue weighted by Crippen LogP contribution is -2.31. The number of carbonyl (C=O) groups is 1. The van der Waals surface area contributed by atoms with Crippen LogP contribution >= 0.6 is 0 Å². The van der Waals surface area contributed by atoms with E-state index >= 15 is 0 Å². The molecule has 1 heterocycles. The van der Waals surface area contributed by atoms with Gasteiger partial charge in [-0.2, -0.15) is 4.31 Å². The van der Waals surface area contributed by atoms with E-state index in [4.69, 9.17) is 4.42 Å². The van der Waals surface area contributed by atoms with E-state index in [1.54, 1.807) is 33.8 Å². The van der Waals surface area contributed by atoms with Gasteiger partial charge in [-0.1, -0.05) is 19.9 Å². The first-order chi connectivity index (χ1) is 12.2. The Hall–Kier alpha value is -2.19. The minimum atomic E-state index is -3.62. The number of amides is 1. The highest BCUT2D eigenvalue weighted by atomic mass is 32.2. The maximum atomic E-state index is 12.7. The van der Waals surface area contributed by atoms with E-state index in [-0.39, 0.29) is 17.3 Å². The average molecular weight is 379 g/mol. The normalized spacial score (nSPS) is 11.8. The molecule has 1 N–H and O–H groups in total. The topological polar surface area (TPSA) is 92.5 Å². The average Bonchev–Trinajstić information content (AvgIpc) is 2.92. The highest BCUT2D eigenvalue weighted by molar-refractivity contribution is 7.89. The zero-order valence-corrected chi connectivity index (χ0v) is 16.6. The lowest BCUT2D eigenvalue weighted by molar-refractivity contribution is 0.0946. The van der Waals surface area contributed by atoms with Gasteiger partial charge < -0.3 is 9.73 Å². The molecule has 0 aliphatic rings. The molecule has 1 aromatic heterocycles. The largest absolute Gasteiger partial charge is 0.444 e. The minimum absolute atomic E-state index is 0.111. The lowest BCUT2D eigenvalue weighted by atomic mass is 10.1. The summed E-state index contributed by atoms with van der Waals surface area (Å²) in [5.41, 5.74) is 1.79. The summed E-state index contributed by atoms with van der Waals surface area (Å²) >= 11 is 0. The molecule has 0 radical (unpaired) electrons. The number of rotatable bonds is 7. The molecule has 142 valence electrons. The summed E-state index contributed by atoms with van der Waals surface area (Å²) in [6.45, 7) is 9.85. The van der Waals surface area contributed by atoms with Crippen molar-refractivity contribution in [2.45, 2.75) is 46.1 Å². The molecule has 0 unspecified atom stereocenters. The fourth-order valence-electron chi connectivity index (χ4n) is 2.58. The second-order valence-corrected chi connectivity index (χ2v) is 7.94.